The zero-order valence-corrected chi connectivity index (χ0v) is 11.2. The number of rotatable bonds is 4. The maximum atomic E-state index is 8.89. The van der Waals surface area contributed by atoms with Gasteiger partial charge in [0.1, 0.15) is 0 Å². The minimum Gasteiger partial charge on any atom is -0.368 e. The number of hydrogen-bond acceptors (Lipinski definition) is 3. The second kappa shape index (κ2) is 4.73. The fraction of sp³-hybridized carbons (Fsp3) is 0.923. The van der Waals surface area contributed by atoms with Crippen molar-refractivity contribution in [1.82, 2.24) is 4.90 Å². The van der Waals surface area contributed by atoms with E-state index in [1.807, 2.05) is 0 Å². The topological polar surface area (TPSA) is 36.3 Å². The van der Waals surface area contributed by atoms with Crippen LogP contribution in [0.25, 0.3) is 0 Å². The van der Waals surface area contributed by atoms with E-state index in [-0.39, 0.29) is 11.2 Å². The molecule has 1 aliphatic rings. The Balaban J connectivity index is 2.80. The summed E-state index contributed by atoms with van der Waals surface area (Å²) in [6.45, 7) is 12.1. The van der Waals surface area contributed by atoms with Gasteiger partial charge < -0.3 is 4.74 Å². The first-order chi connectivity index (χ1) is 7.32. The maximum absolute atomic E-state index is 8.89. The molecule has 92 valence electrons. The molecule has 3 nitrogen and oxygen atoms in total. The summed E-state index contributed by atoms with van der Waals surface area (Å²) in [5.74, 6) is 0. The van der Waals surface area contributed by atoms with Crippen LogP contribution < -0.4 is 0 Å². The van der Waals surface area contributed by atoms with Gasteiger partial charge in [0.2, 0.25) is 0 Å². The van der Waals surface area contributed by atoms with Gasteiger partial charge in [-0.3, -0.25) is 4.90 Å². The molecule has 0 spiro atoms. The molecule has 0 aromatic carbocycles. The summed E-state index contributed by atoms with van der Waals surface area (Å²) in [7, 11) is 0. The van der Waals surface area contributed by atoms with Crippen LogP contribution in [0.1, 0.15) is 47.5 Å². The first-order valence-electron chi connectivity index (χ1n) is 6.13. The Morgan fingerprint density at radius 2 is 2.00 bits per heavy atom. The molecule has 1 unspecified atom stereocenters. The first-order valence-corrected chi connectivity index (χ1v) is 6.13. The van der Waals surface area contributed by atoms with Crippen molar-refractivity contribution in [3.63, 3.8) is 0 Å². The van der Waals surface area contributed by atoms with Crippen LogP contribution in [0.2, 0.25) is 0 Å². The van der Waals surface area contributed by atoms with Gasteiger partial charge in [-0.2, -0.15) is 5.26 Å². The third-order valence-electron chi connectivity index (χ3n) is 3.25. The molecular weight excluding hydrogens is 200 g/mol. The largest absolute Gasteiger partial charge is 0.368 e. The van der Waals surface area contributed by atoms with Crippen LogP contribution in [-0.2, 0) is 4.74 Å². The quantitative estimate of drug-likeness (QED) is 0.689. The average molecular weight is 224 g/mol. The van der Waals surface area contributed by atoms with Crippen molar-refractivity contribution in [1.29, 1.82) is 5.26 Å². The molecule has 1 atom stereocenters. The normalized spacial score (nSPS) is 26.9. The van der Waals surface area contributed by atoms with E-state index in [0.29, 0.717) is 12.6 Å². The van der Waals surface area contributed by atoms with Gasteiger partial charge in [0.15, 0.2) is 0 Å². The zero-order chi connectivity index (χ0) is 12.4. The van der Waals surface area contributed by atoms with Crippen LogP contribution in [0.5, 0.6) is 0 Å². The van der Waals surface area contributed by atoms with Crippen LogP contribution >= 0.6 is 0 Å². The van der Waals surface area contributed by atoms with E-state index >= 15 is 0 Å². The summed E-state index contributed by atoms with van der Waals surface area (Å²) in [4.78, 5) is 2.26. The second-order valence-electron chi connectivity index (χ2n) is 5.81. The molecule has 0 aliphatic carbocycles. The standard InChI is InChI=1S/C13H24N2O/c1-6-8-15(9-7-14)11-10-12(2,3)16-13(11,4)5/h11H,6,8-10H2,1-5H3. The van der Waals surface area contributed by atoms with Gasteiger partial charge in [-0.25, -0.2) is 0 Å². The Morgan fingerprint density at radius 1 is 1.38 bits per heavy atom. The highest BCUT2D eigenvalue weighted by Gasteiger charge is 2.48. The molecule has 0 N–H and O–H groups in total. The number of nitrogens with zero attached hydrogens (tertiary/aromatic N) is 2. The Morgan fingerprint density at radius 3 is 2.38 bits per heavy atom. The highest BCUT2D eigenvalue weighted by molar-refractivity contribution is 5.01. The fourth-order valence-corrected chi connectivity index (χ4v) is 2.83. The van der Waals surface area contributed by atoms with Gasteiger partial charge >= 0.3 is 0 Å². The van der Waals surface area contributed by atoms with Crippen molar-refractivity contribution in [3.05, 3.63) is 0 Å². The number of ether oxygens (including phenoxy) is 1. The lowest BCUT2D eigenvalue weighted by Gasteiger charge is -2.34. The molecule has 0 radical (unpaired) electrons. The van der Waals surface area contributed by atoms with Gasteiger partial charge in [0, 0.05) is 6.04 Å². The highest BCUT2D eigenvalue weighted by Crippen LogP contribution is 2.40. The van der Waals surface area contributed by atoms with Crippen LogP contribution in [-0.4, -0.2) is 35.2 Å². The van der Waals surface area contributed by atoms with Gasteiger partial charge in [-0.05, 0) is 47.1 Å². The smallest absolute Gasteiger partial charge is 0.0869 e. The minimum absolute atomic E-state index is 0.0738. The Labute approximate surface area is 99.4 Å². The van der Waals surface area contributed by atoms with E-state index in [2.05, 4.69) is 45.6 Å². The molecule has 1 saturated heterocycles. The summed E-state index contributed by atoms with van der Waals surface area (Å²) in [6, 6.07) is 2.61. The third kappa shape index (κ3) is 2.96. The summed E-state index contributed by atoms with van der Waals surface area (Å²) in [5, 5.41) is 8.89. The van der Waals surface area contributed by atoms with Crippen LogP contribution in [0.15, 0.2) is 0 Å². The summed E-state index contributed by atoms with van der Waals surface area (Å²) in [6.07, 6.45) is 2.08. The molecule has 1 fully saturated rings. The molecule has 1 aliphatic heterocycles. The molecule has 0 aromatic rings. The SMILES string of the molecule is CCCN(CC#N)C1CC(C)(C)OC1(C)C. The van der Waals surface area contributed by atoms with E-state index in [9.17, 15) is 0 Å². The predicted octanol–water partition coefficient (Wildman–Crippen LogP) is 2.57. The van der Waals surface area contributed by atoms with Crippen molar-refractivity contribution in [2.24, 2.45) is 0 Å². The average Bonchev–Trinajstić information content (AvgIpc) is 2.34. The first kappa shape index (κ1) is 13.5. The monoisotopic (exact) mass is 224 g/mol. The van der Waals surface area contributed by atoms with Crippen LogP contribution in [0.4, 0.5) is 0 Å². The molecule has 0 amide bonds. The lowest BCUT2D eigenvalue weighted by molar-refractivity contribution is -0.0795. The maximum Gasteiger partial charge on any atom is 0.0869 e. The van der Waals surface area contributed by atoms with E-state index in [1.54, 1.807) is 0 Å². The van der Waals surface area contributed by atoms with E-state index in [1.165, 1.54) is 0 Å². The van der Waals surface area contributed by atoms with E-state index < -0.39 is 0 Å². The summed E-state index contributed by atoms with van der Waals surface area (Å²) in [5.41, 5.74) is -0.231. The fourth-order valence-electron chi connectivity index (χ4n) is 2.83. The molecular formula is C13H24N2O. The van der Waals surface area contributed by atoms with Crippen LogP contribution in [0, 0.1) is 11.3 Å². The molecule has 3 heteroatoms. The number of nitriles is 1. The third-order valence-corrected chi connectivity index (χ3v) is 3.25. The van der Waals surface area contributed by atoms with E-state index in [4.69, 9.17) is 10.00 Å². The summed E-state index contributed by atoms with van der Waals surface area (Å²) < 4.78 is 6.07. The van der Waals surface area contributed by atoms with Crippen molar-refractivity contribution >= 4 is 0 Å². The highest BCUT2D eigenvalue weighted by atomic mass is 16.5. The van der Waals surface area contributed by atoms with Crippen molar-refractivity contribution in [3.8, 4) is 6.07 Å². The molecule has 1 rings (SSSR count). The van der Waals surface area contributed by atoms with Crippen LogP contribution in [0.3, 0.4) is 0 Å². The van der Waals surface area contributed by atoms with Gasteiger partial charge in [0.25, 0.3) is 0 Å². The zero-order valence-electron chi connectivity index (χ0n) is 11.2. The van der Waals surface area contributed by atoms with Gasteiger partial charge in [0.05, 0.1) is 23.8 Å². The Hall–Kier alpha value is -0.590. The Kier molecular flexibility index (Phi) is 3.98. The lowest BCUT2D eigenvalue weighted by Crippen LogP contribution is -2.47. The Bertz CT molecular complexity index is 278. The van der Waals surface area contributed by atoms with Gasteiger partial charge in [-0.1, -0.05) is 6.92 Å². The summed E-state index contributed by atoms with van der Waals surface area (Å²) >= 11 is 0. The molecule has 16 heavy (non-hydrogen) atoms. The van der Waals surface area contributed by atoms with Gasteiger partial charge in [-0.15, -0.1) is 0 Å². The molecule has 0 bridgehead atoms. The van der Waals surface area contributed by atoms with Crippen molar-refractivity contribution in [2.75, 3.05) is 13.1 Å². The minimum atomic E-state index is -0.157. The predicted molar refractivity (Wildman–Crippen MR) is 65.1 cm³/mol. The van der Waals surface area contributed by atoms with Crippen molar-refractivity contribution < 1.29 is 4.74 Å². The lowest BCUT2D eigenvalue weighted by atomic mass is 9.93. The second-order valence-corrected chi connectivity index (χ2v) is 5.81. The molecule has 0 aromatic heterocycles. The molecule has 1 heterocycles. The van der Waals surface area contributed by atoms with Crippen molar-refractivity contribution in [2.45, 2.75) is 64.7 Å². The number of hydrogen-bond donors (Lipinski definition) is 0. The molecule has 0 saturated carbocycles. The van der Waals surface area contributed by atoms with E-state index in [0.717, 1.165) is 19.4 Å².